The van der Waals surface area contributed by atoms with Gasteiger partial charge in [-0.05, 0) is 45.1 Å². The summed E-state index contributed by atoms with van der Waals surface area (Å²) in [5.74, 6) is 0.918. The molecule has 1 N–H and O–H groups in total. The van der Waals surface area contributed by atoms with Crippen LogP contribution in [0.1, 0.15) is 40.0 Å². The molecule has 2 atom stereocenters. The quantitative estimate of drug-likeness (QED) is 0.854. The smallest absolute Gasteiger partial charge is 0.281 e. The van der Waals surface area contributed by atoms with Gasteiger partial charge < -0.3 is 5.32 Å². The minimum atomic E-state index is -3.27. The average molecular weight is 303 g/mol. The molecule has 2 aliphatic heterocycles. The number of piperidine rings is 2. The van der Waals surface area contributed by atoms with Gasteiger partial charge in [0.15, 0.2) is 0 Å². The third kappa shape index (κ3) is 3.35. The van der Waals surface area contributed by atoms with Gasteiger partial charge in [0.1, 0.15) is 0 Å². The van der Waals surface area contributed by atoms with E-state index in [1.807, 2.05) is 7.05 Å². The molecular formula is C14H29N3O2S. The van der Waals surface area contributed by atoms with Crippen molar-refractivity contribution >= 4 is 10.2 Å². The predicted octanol–water partition coefficient (Wildman–Crippen LogP) is 1.28. The Morgan fingerprint density at radius 1 is 1.05 bits per heavy atom. The minimum absolute atomic E-state index is 0.0779. The van der Waals surface area contributed by atoms with Crippen molar-refractivity contribution in [2.24, 2.45) is 11.8 Å². The molecule has 0 aromatic rings. The summed E-state index contributed by atoms with van der Waals surface area (Å²) >= 11 is 0. The van der Waals surface area contributed by atoms with Gasteiger partial charge in [0.25, 0.3) is 10.2 Å². The lowest BCUT2D eigenvalue weighted by molar-refractivity contribution is 0.182. The van der Waals surface area contributed by atoms with Crippen molar-refractivity contribution in [1.29, 1.82) is 0 Å². The van der Waals surface area contributed by atoms with Crippen molar-refractivity contribution in [3.05, 3.63) is 0 Å². The molecule has 2 heterocycles. The summed E-state index contributed by atoms with van der Waals surface area (Å²) in [6, 6.07) is 0. The number of hydrogen-bond donors (Lipinski definition) is 1. The van der Waals surface area contributed by atoms with Crippen LogP contribution in [0.25, 0.3) is 0 Å². The lowest BCUT2D eigenvalue weighted by Crippen LogP contribution is -2.56. The van der Waals surface area contributed by atoms with E-state index >= 15 is 0 Å². The average Bonchev–Trinajstić information content (AvgIpc) is 2.38. The zero-order valence-electron chi connectivity index (χ0n) is 13.2. The number of nitrogens with zero attached hydrogens (tertiary/aromatic N) is 2. The van der Waals surface area contributed by atoms with Gasteiger partial charge in [-0.2, -0.15) is 17.0 Å². The van der Waals surface area contributed by atoms with Gasteiger partial charge in [-0.3, -0.25) is 0 Å². The van der Waals surface area contributed by atoms with Crippen LogP contribution < -0.4 is 5.32 Å². The van der Waals surface area contributed by atoms with Gasteiger partial charge in [0.2, 0.25) is 0 Å². The normalized spacial score (nSPS) is 33.2. The molecule has 0 saturated carbocycles. The first-order chi connectivity index (χ1) is 9.27. The van der Waals surface area contributed by atoms with Crippen molar-refractivity contribution in [2.45, 2.75) is 45.6 Å². The van der Waals surface area contributed by atoms with Gasteiger partial charge in [0, 0.05) is 31.7 Å². The largest absolute Gasteiger partial charge is 0.314 e. The lowest BCUT2D eigenvalue weighted by Gasteiger charge is -2.42. The molecule has 0 aliphatic carbocycles. The molecule has 5 nitrogen and oxygen atoms in total. The predicted molar refractivity (Wildman–Crippen MR) is 81.7 cm³/mol. The molecule has 0 aromatic heterocycles. The van der Waals surface area contributed by atoms with E-state index < -0.39 is 10.2 Å². The van der Waals surface area contributed by atoms with Crippen LogP contribution in [-0.4, -0.2) is 55.8 Å². The summed E-state index contributed by atoms with van der Waals surface area (Å²) in [7, 11) is -1.31. The van der Waals surface area contributed by atoms with Gasteiger partial charge in [-0.25, -0.2) is 0 Å². The van der Waals surface area contributed by atoms with Crippen molar-refractivity contribution in [2.75, 3.05) is 33.2 Å². The maximum absolute atomic E-state index is 12.8. The second-order valence-electron chi connectivity index (χ2n) is 6.98. The van der Waals surface area contributed by atoms with E-state index in [-0.39, 0.29) is 5.54 Å². The van der Waals surface area contributed by atoms with Crippen LogP contribution in [-0.2, 0) is 10.2 Å². The molecular weight excluding hydrogens is 274 g/mol. The molecule has 2 unspecified atom stereocenters. The Hall–Kier alpha value is -0.170. The van der Waals surface area contributed by atoms with Crippen LogP contribution in [0.2, 0.25) is 0 Å². The molecule has 2 rings (SSSR count). The number of rotatable bonds is 3. The SMILES string of the molecule is CNC1(C)CCN(S(=O)(=O)N2CC(C)CC(C)C2)CC1. The van der Waals surface area contributed by atoms with E-state index in [1.165, 1.54) is 0 Å². The second-order valence-corrected chi connectivity index (χ2v) is 8.91. The number of nitrogens with one attached hydrogen (secondary N) is 1. The Kier molecular flexibility index (Phi) is 4.79. The molecule has 0 amide bonds. The zero-order chi connectivity index (χ0) is 15.0. The highest BCUT2D eigenvalue weighted by Gasteiger charge is 2.38. The lowest BCUT2D eigenvalue weighted by atomic mass is 9.91. The van der Waals surface area contributed by atoms with E-state index in [4.69, 9.17) is 0 Å². The highest BCUT2D eigenvalue weighted by molar-refractivity contribution is 7.86. The third-order valence-electron chi connectivity index (χ3n) is 4.92. The van der Waals surface area contributed by atoms with E-state index in [1.54, 1.807) is 8.61 Å². The fourth-order valence-corrected chi connectivity index (χ4v) is 5.27. The van der Waals surface area contributed by atoms with E-state index in [0.717, 1.165) is 19.3 Å². The minimum Gasteiger partial charge on any atom is -0.314 e. The first-order valence-corrected chi connectivity index (χ1v) is 9.11. The molecule has 0 aromatic carbocycles. The second kappa shape index (κ2) is 5.91. The van der Waals surface area contributed by atoms with Crippen LogP contribution in [0.5, 0.6) is 0 Å². The summed E-state index contributed by atoms with van der Waals surface area (Å²) in [6.07, 6.45) is 2.88. The Balaban J connectivity index is 2.04. The highest BCUT2D eigenvalue weighted by Crippen LogP contribution is 2.28. The molecule has 0 spiro atoms. The molecule has 0 radical (unpaired) electrons. The summed E-state index contributed by atoms with van der Waals surface area (Å²) in [4.78, 5) is 0. The van der Waals surface area contributed by atoms with E-state index in [2.05, 4.69) is 26.1 Å². The van der Waals surface area contributed by atoms with Gasteiger partial charge in [-0.15, -0.1) is 0 Å². The van der Waals surface area contributed by atoms with Crippen molar-refractivity contribution in [3.63, 3.8) is 0 Å². The maximum atomic E-state index is 12.8. The van der Waals surface area contributed by atoms with E-state index in [0.29, 0.717) is 38.0 Å². The summed E-state index contributed by atoms with van der Waals surface area (Å²) in [6.45, 7) is 9.05. The van der Waals surface area contributed by atoms with Crippen LogP contribution >= 0.6 is 0 Å². The highest BCUT2D eigenvalue weighted by atomic mass is 32.2. The van der Waals surface area contributed by atoms with Crippen molar-refractivity contribution in [3.8, 4) is 0 Å². The Morgan fingerprint density at radius 3 is 2.00 bits per heavy atom. The third-order valence-corrected chi connectivity index (χ3v) is 6.89. The topological polar surface area (TPSA) is 52.7 Å². The van der Waals surface area contributed by atoms with Gasteiger partial charge in [-0.1, -0.05) is 13.8 Å². The Labute approximate surface area is 123 Å². The monoisotopic (exact) mass is 303 g/mol. The summed E-state index contributed by atoms with van der Waals surface area (Å²) in [5, 5.41) is 3.31. The van der Waals surface area contributed by atoms with Gasteiger partial charge >= 0.3 is 0 Å². The van der Waals surface area contributed by atoms with Crippen molar-refractivity contribution in [1.82, 2.24) is 13.9 Å². The van der Waals surface area contributed by atoms with Gasteiger partial charge in [0.05, 0.1) is 0 Å². The Morgan fingerprint density at radius 2 is 1.55 bits per heavy atom. The molecule has 118 valence electrons. The van der Waals surface area contributed by atoms with Crippen molar-refractivity contribution < 1.29 is 8.42 Å². The molecule has 0 bridgehead atoms. The summed E-state index contributed by atoms with van der Waals surface area (Å²) in [5.41, 5.74) is 0.0779. The zero-order valence-corrected chi connectivity index (χ0v) is 14.0. The fourth-order valence-electron chi connectivity index (χ4n) is 3.42. The van der Waals surface area contributed by atoms with Crippen LogP contribution in [0, 0.1) is 11.8 Å². The van der Waals surface area contributed by atoms with Crippen LogP contribution in [0.15, 0.2) is 0 Å². The van der Waals surface area contributed by atoms with Crippen LogP contribution in [0.4, 0.5) is 0 Å². The summed E-state index contributed by atoms with van der Waals surface area (Å²) < 4.78 is 28.9. The number of hydrogen-bond acceptors (Lipinski definition) is 3. The molecule has 2 aliphatic rings. The first-order valence-electron chi connectivity index (χ1n) is 7.71. The molecule has 20 heavy (non-hydrogen) atoms. The van der Waals surface area contributed by atoms with Crippen LogP contribution in [0.3, 0.4) is 0 Å². The molecule has 6 heteroatoms. The first kappa shape index (κ1) is 16.2. The maximum Gasteiger partial charge on any atom is 0.281 e. The molecule has 2 saturated heterocycles. The van der Waals surface area contributed by atoms with E-state index in [9.17, 15) is 8.42 Å². The fraction of sp³-hybridized carbons (Fsp3) is 1.00. The Bertz CT molecular complexity index is 420. The molecule has 2 fully saturated rings. The standard InChI is InChI=1S/C14H29N3O2S/c1-12-9-13(2)11-17(10-12)20(18,19)16-7-5-14(3,15-4)6-8-16/h12-13,15H,5-11H2,1-4H3.